The Morgan fingerprint density at radius 2 is 0.453 bits per heavy atom. The van der Waals surface area contributed by atoms with E-state index in [1.807, 2.05) is 0 Å². The van der Waals surface area contributed by atoms with Crippen molar-refractivity contribution in [3.05, 3.63) is 0 Å². The number of carboxylic acid groups (broad SMARTS) is 6. The first kappa shape index (κ1) is 61.8. The number of hydrogen-bond donors (Lipinski definition) is 8. The van der Waals surface area contributed by atoms with Crippen molar-refractivity contribution in [3.8, 4) is 0 Å². The molecule has 0 saturated carbocycles. The van der Waals surface area contributed by atoms with E-state index in [9.17, 15) is 38.4 Å². The highest BCUT2D eigenvalue weighted by Crippen LogP contribution is 2.28. The molecule has 0 heterocycles. The van der Waals surface area contributed by atoms with Crippen LogP contribution < -0.4 is 10.6 Å². The second kappa shape index (κ2) is 40.3. The summed E-state index contributed by atoms with van der Waals surface area (Å²) in [4.78, 5) is 91.3. The summed E-state index contributed by atoms with van der Waals surface area (Å²) in [7, 11) is 0. The number of amides is 2. The summed E-state index contributed by atoms with van der Waals surface area (Å²) < 4.78 is 0. The van der Waals surface area contributed by atoms with Crippen LogP contribution in [0.2, 0.25) is 0 Å². The van der Waals surface area contributed by atoms with E-state index in [2.05, 4.69) is 24.5 Å². The summed E-state index contributed by atoms with van der Waals surface area (Å²) in [5.41, 5.74) is -2.27. The van der Waals surface area contributed by atoms with Crippen LogP contribution in [-0.2, 0) is 38.4 Å². The van der Waals surface area contributed by atoms with Crippen LogP contribution >= 0.6 is 0 Å². The molecule has 0 aromatic carbocycles. The maximum Gasteiger partial charge on any atom is 0.303 e. The van der Waals surface area contributed by atoms with Crippen molar-refractivity contribution in [2.75, 3.05) is 0 Å². The second-order valence-electron chi connectivity index (χ2n) is 17.6. The summed E-state index contributed by atoms with van der Waals surface area (Å²) in [6.45, 7) is 4.42. The Morgan fingerprint density at radius 3 is 0.625 bits per heavy atom. The van der Waals surface area contributed by atoms with Gasteiger partial charge in [-0.05, 0) is 51.4 Å². The quantitative estimate of drug-likeness (QED) is 0.0264. The molecule has 0 aromatic rings. The van der Waals surface area contributed by atoms with E-state index < -0.39 is 46.9 Å². The second-order valence-corrected chi connectivity index (χ2v) is 17.6. The fraction of sp³-hybridized carbons (Fsp3) is 0.833. The molecule has 16 nitrogen and oxygen atoms in total. The molecule has 0 spiro atoms. The van der Waals surface area contributed by atoms with Crippen LogP contribution in [0.15, 0.2) is 0 Å². The van der Waals surface area contributed by atoms with Gasteiger partial charge >= 0.3 is 35.8 Å². The number of carbonyl (C=O) groups excluding carboxylic acids is 2. The SMILES string of the molecule is CCCCCCCCCCCCCC(=O)NC(CCC(=O)O)(CCC(=O)O)CCC(=O)O.CCCCCCCCCCCCCC(=O)NC(CCC(=O)O)(CCC(=O)O)CCC(=O)O. The molecule has 0 rings (SSSR count). The fourth-order valence-electron chi connectivity index (χ4n) is 7.82. The highest BCUT2D eigenvalue weighted by molar-refractivity contribution is 5.78. The van der Waals surface area contributed by atoms with Crippen LogP contribution in [0.5, 0.6) is 0 Å². The van der Waals surface area contributed by atoms with Crippen molar-refractivity contribution in [2.45, 2.75) is 256 Å². The molecule has 0 fully saturated rings. The molecule has 0 unspecified atom stereocenters. The molecule has 0 atom stereocenters. The molecule has 0 aromatic heterocycles. The Bertz CT molecular complexity index is 1130. The molecule has 0 saturated heterocycles. The standard InChI is InChI=1S/2C24H43NO7/c2*1-2-3-4-5-6-7-8-9-10-11-12-13-20(26)25-24(17-14-21(27)28,18-15-22(29)30)19-16-23(31)32/h2*2-19H2,1H3,(H,25,26)(H,27,28)(H,29,30)(H,31,32). The number of unbranched alkanes of at least 4 members (excludes halogenated alkanes) is 20. The van der Waals surface area contributed by atoms with Gasteiger partial charge < -0.3 is 41.3 Å². The predicted octanol–water partition coefficient (Wildman–Crippen LogP) is 10.3. The maximum absolute atomic E-state index is 12.5. The summed E-state index contributed by atoms with van der Waals surface area (Å²) in [5.74, 6) is -6.97. The number of hydrogen-bond acceptors (Lipinski definition) is 8. The van der Waals surface area contributed by atoms with Crippen LogP contribution in [0.25, 0.3) is 0 Å². The van der Waals surface area contributed by atoms with Crippen molar-refractivity contribution in [1.29, 1.82) is 0 Å². The van der Waals surface area contributed by atoms with Gasteiger partial charge in [-0.1, -0.05) is 142 Å². The third-order valence-electron chi connectivity index (χ3n) is 11.7. The van der Waals surface area contributed by atoms with Crippen molar-refractivity contribution in [2.24, 2.45) is 0 Å². The largest absolute Gasteiger partial charge is 0.481 e. The van der Waals surface area contributed by atoms with Crippen molar-refractivity contribution >= 4 is 47.6 Å². The van der Waals surface area contributed by atoms with Gasteiger partial charge in [-0.25, -0.2) is 0 Å². The first-order valence-electron chi connectivity index (χ1n) is 24.3. The number of carboxylic acids is 6. The van der Waals surface area contributed by atoms with E-state index in [1.165, 1.54) is 89.9 Å². The minimum absolute atomic E-state index is 0.00683. The van der Waals surface area contributed by atoms with Gasteiger partial charge in [-0.15, -0.1) is 0 Å². The van der Waals surface area contributed by atoms with Crippen molar-refractivity contribution in [1.82, 2.24) is 10.6 Å². The molecule has 372 valence electrons. The minimum atomic E-state index is -1.13. The Kier molecular flexibility index (Phi) is 38.9. The molecule has 8 N–H and O–H groups in total. The molecule has 16 heteroatoms. The van der Waals surface area contributed by atoms with Crippen molar-refractivity contribution < 1.29 is 69.0 Å². The van der Waals surface area contributed by atoms with Crippen LogP contribution in [0.3, 0.4) is 0 Å². The lowest BCUT2D eigenvalue weighted by Gasteiger charge is -2.34. The average Bonchev–Trinajstić information content (AvgIpc) is 3.23. The lowest BCUT2D eigenvalue weighted by Crippen LogP contribution is -2.49. The molecule has 64 heavy (non-hydrogen) atoms. The maximum atomic E-state index is 12.5. The third kappa shape index (κ3) is 40.5. The van der Waals surface area contributed by atoms with Crippen LogP contribution in [0.4, 0.5) is 0 Å². The van der Waals surface area contributed by atoms with E-state index in [0.29, 0.717) is 12.8 Å². The van der Waals surface area contributed by atoms with Gasteiger partial charge in [0.2, 0.25) is 11.8 Å². The average molecular weight is 915 g/mol. The summed E-state index contributed by atoms with van der Waals surface area (Å²) in [5, 5.41) is 59.8. The Morgan fingerprint density at radius 1 is 0.281 bits per heavy atom. The highest BCUT2D eigenvalue weighted by atomic mass is 16.4. The zero-order chi connectivity index (χ0) is 48.5. The minimum Gasteiger partial charge on any atom is -0.481 e. The Balaban J connectivity index is 0. The van der Waals surface area contributed by atoms with E-state index in [1.54, 1.807) is 0 Å². The van der Waals surface area contributed by atoms with Crippen LogP contribution in [0.1, 0.15) is 245 Å². The van der Waals surface area contributed by atoms with Crippen LogP contribution in [0, 0.1) is 0 Å². The zero-order valence-electron chi connectivity index (χ0n) is 39.4. The number of rotatable bonds is 44. The smallest absolute Gasteiger partial charge is 0.303 e. The van der Waals surface area contributed by atoms with E-state index in [0.717, 1.165) is 38.5 Å². The van der Waals surface area contributed by atoms with E-state index in [-0.39, 0.29) is 102 Å². The highest BCUT2D eigenvalue weighted by Gasteiger charge is 2.34. The number of carbonyl (C=O) groups is 8. The van der Waals surface area contributed by atoms with Gasteiger partial charge in [0, 0.05) is 62.4 Å². The summed E-state index contributed by atoms with van der Waals surface area (Å²) in [6.07, 6.45) is 24.5. The van der Waals surface area contributed by atoms with Gasteiger partial charge in [0.15, 0.2) is 0 Å². The lowest BCUT2D eigenvalue weighted by molar-refractivity contribution is -0.141. The predicted molar refractivity (Wildman–Crippen MR) is 245 cm³/mol. The molecule has 0 bridgehead atoms. The zero-order valence-corrected chi connectivity index (χ0v) is 39.4. The monoisotopic (exact) mass is 915 g/mol. The van der Waals surface area contributed by atoms with Gasteiger partial charge in [-0.3, -0.25) is 38.4 Å². The molecule has 0 radical (unpaired) electrons. The number of aliphatic carboxylic acids is 6. The Hall–Kier alpha value is -4.24. The fourth-order valence-corrected chi connectivity index (χ4v) is 7.82. The molecular formula is C48H86N2O14. The van der Waals surface area contributed by atoms with E-state index >= 15 is 0 Å². The summed E-state index contributed by atoms with van der Waals surface area (Å²) >= 11 is 0. The van der Waals surface area contributed by atoms with Gasteiger partial charge in [0.05, 0.1) is 0 Å². The van der Waals surface area contributed by atoms with E-state index in [4.69, 9.17) is 30.6 Å². The summed E-state index contributed by atoms with van der Waals surface area (Å²) in [6, 6.07) is 0. The van der Waals surface area contributed by atoms with Gasteiger partial charge in [-0.2, -0.15) is 0 Å². The normalized spacial score (nSPS) is 11.3. The molecule has 0 aliphatic rings. The Labute approximate surface area is 382 Å². The molecular weight excluding hydrogens is 829 g/mol. The first-order valence-corrected chi connectivity index (χ1v) is 24.3. The topological polar surface area (TPSA) is 282 Å². The third-order valence-corrected chi connectivity index (χ3v) is 11.7. The van der Waals surface area contributed by atoms with Crippen molar-refractivity contribution in [3.63, 3.8) is 0 Å². The molecule has 0 aliphatic carbocycles. The van der Waals surface area contributed by atoms with Crippen LogP contribution in [-0.4, -0.2) is 89.3 Å². The first-order chi connectivity index (χ1) is 30.4. The van der Waals surface area contributed by atoms with Gasteiger partial charge in [0.1, 0.15) is 0 Å². The number of nitrogens with one attached hydrogen (secondary N) is 2. The molecule has 2 amide bonds. The molecule has 0 aliphatic heterocycles. The lowest BCUT2D eigenvalue weighted by atomic mass is 9.83. The van der Waals surface area contributed by atoms with Gasteiger partial charge in [0.25, 0.3) is 0 Å².